The van der Waals surface area contributed by atoms with Crippen molar-refractivity contribution in [1.82, 2.24) is 14.9 Å². The molecule has 0 saturated heterocycles. The van der Waals surface area contributed by atoms with Gasteiger partial charge < -0.3 is 14.6 Å². The number of nitrogens with zero attached hydrogens (tertiary/aromatic N) is 2. The Balaban J connectivity index is 2.37. The number of ether oxygens (including phenoxy) is 1. The van der Waals surface area contributed by atoms with E-state index in [1.165, 1.54) is 0 Å². The Labute approximate surface area is 89.4 Å². The first kappa shape index (κ1) is 11.7. The highest BCUT2D eigenvalue weighted by Gasteiger charge is 2.05. The molecule has 0 aliphatic carbocycles. The number of nitrogens with one attached hydrogen (secondary N) is 1. The first-order valence-corrected chi connectivity index (χ1v) is 5.03. The highest BCUT2D eigenvalue weighted by atomic mass is 16.5. The Morgan fingerprint density at radius 1 is 1.67 bits per heavy atom. The molecule has 0 saturated carbocycles. The van der Waals surface area contributed by atoms with Crippen molar-refractivity contribution in [3.05, 3.63) is 18.2 Å². The van der Waals surface area contributed by atoms with Gasteiger partial charge in [-0.2, -0.15) is 0 Å². The molecule has 0 spiro atoms. The van der Waals surface area contributed by atoms with Crippen molar-refractivity contribution < 1.29 is 9.53 Å². The molecule has 1 heterocycles. The normalized spacial score (nSPS) is 10.3. The number of carbonyl (C=O) groups is 1. The Morgan fingerprint density at radius 2 is 2.47 bits per heavy atom. The van der Waals surface area contributed by atoms with Crippen molar-refractivity contribution in [3.8, 4) is 0 Å². The smallest absolute Gasteiger partial charge is 0.240 e. The van der Waals surface area contributed by atoms with Crippen molar-refractivity contribution in [2.45, 2.75) is 19.9 Å². The summed E-state index contributed by atoms with van der Waals surface area (Å²) in [5.41, 5.74) is 0. The summed E-state index contributed by atoms with van der Waals surface area (Å²) in [6, 6.07) is 0. The largest absolute Gasteiger partial charge is 0.383 e. The molecule has 0 aliphatic heterocycles. The van der Waals surface area contributed by atoms with Crippen molar-refractivity contribution in [2.75, 3.05) is 20.3 Å². The third-order valence-electron chi connectivity index (χ3n) is 2.06. The average molecular weight is 211 g/mol. The summed E-state index contributed by atoms with van der Waals surface area (Å²) in [4.78, 5) is 15.6. The third-order valence-corrected chi connectivity index (χ3v) is 2.06. The monoisotopic (exact) mass is 211 g/mol. The first-order valence-electron chi connectivity index (χ1n) is 5.03. The molecule has 1 amide bonds. The topological polar surface area (TPSA) is 56.2 Å². The summed E-state index contributed by atoms with van der Waals surface area (Å²) in [6.45, 7) is 3.43. The van der Waals surface area contributed by atoms with E-state index in [9.17, 15) is 4.79 Å². The van der Waals surface area contributed by atoms with Crippen LogP contribution in [-0.4, -0.2) is 35.7 Å². The van der Waals surface area contributed by atoms with Crippen LogP contribution < -0.4 is 5.32 Å². The Hall–Kier alpha value is -1.36. The zero-order valence-electron chi connectivity index (χ0n) is 9.19. The minimum absolute atomic E-state index is 0.0141. The molecule has 5 heteroatoms. The van der Waals surface area contributed by atoms with Crippen LogP contribution >= 0.6 is 0 Å². The average Bonchev–Trinajstić information content (AvgIpc) is 2.65. The Kier molecular flexibility index (Phi) is 4.83. The maximum absolute atomic E-state index is 11.4. The summed E-state index contributed by atoms with van der Waals surface area (Å²) in [5.74, 6) is 0.914. The molecular formula is C10H17N3O2. The number of hydrogen-bond acceptors (Lipinski definition) is 3. The van der Waals surface area contributed by atoms with Crippen LogP contribution in [0, 0.1) is 0 Å². The summed E-state index contributed by atoms with van der Waals surface area (Å²) in [7, 11) is 1.61. The van der Waals surface area contributed by atoms with Gasteiger partial charge in [0.2, 0.25) is 5.91 Å². The summed E-state index contributed by atoms with van der Waals surface area (Å²) in [6.07, 6.45) is 4.36. The maximum atomic E-state index is 11.4. The molecule has 0 unspecified atom stereocenters. The van der Waals surface area contributed by atoms with Gasteiger partial charge in [-0.25, -0.2) is 4.98 Å². The fourth-order valence-electron chi connectivity index (χ4n) is 1.30. The van der Waals surface area contributed by atoms with Crippen LogP contribution in [0.2, 0.25) is 0 Å². The van der Waals surface area contributed by atoms with Crippen molar-refractivity contribution in [3.63, 3.8) is 0 Å². The Morgan fingerprint density at radius 3 is 3.13 bits per heavy atom. The Bertz CT molecular complexity index is 309. The summed E-state index contributed by atoms with van der Waals surface area (Å²) >= 11 is 0. The van der Waals surface area contributed by atoms with Gasteiger partial charge in [-0.3, -0.25) is 4.79 Å². The predicted octanol–water partition coefficient (Wildman–Crippen LogP) is 0.208. The molecule has 1 aromatic heterocycles. The predicted molar refractivity (Wildman–Crippen MR) is 56.5 cm³/mol. The van der Waals surface area contributed by atoms with Gasteiger partial charge in [0.25, 0.3) is 0 Å². The molecule has 84 valence electrons. The van der Waals surface area contributed by atoms with E-state index < -0.39 is 0 Å². The molecule has 5 nitrogen and oxygen atoms in total. The molecule has 1 N–H and O–H groups in total. The molecule has 0 radical (unpaired) electrons. The SMILES string of the molecule is CCc1nccn1CC(=O)NCCOC. The van der Waals surface area contributed by atoms with Gasteiger partial charge in [0.05, 0.1) is 6.61 Å². The molecule has 1 rings (SSSR count). The zero-order valence-corrected chi connectivity index (χ0v) is 9.19. The summed E-state index contributed by atoms with van der Waals surface area (Å²) < 4.78 is 6.69. The zero-order chi connectivity index (χ0) is 11.1. The number of aromatic nitrogens is 2. The number of rotatable bonds is 6. The number of aryl methyl sites for hydroxylation is 1. The number of amides is 1. The van der Waals surface area contributed by atoms with Crippen molar-refractivity contribution in [2.24, 2.45) is 0 Å². The van der Waals surface area contributed by atoms with Gasteiger partial charge in [0.1, 0.15) is 12.4 Å². The van der Waals surface area contributed by atoms with Crippen LogP contribution in [0.15, 0.2) is 12.4 Å². The molecule has 0 aliphatic rings. The van der Waals surface area contributed by atoms with E-state index in [1.807, 2.05) is 17.7 Å². The lowest BCUT2D eigenvalue weighted by molar-refractivity contribution is -0.121. The highest BCUT2D eigenvalue weighted by molar-refractivity contribution is 5.75. The van der Waals surface area contributed by atoms with E-state index in [0.717, 1.165) is 12.2 Å². The second-order valence-electron chi connectivity index (χ2n) is 3.17. The minimum Gasteiger partial charge on any atom is -0.383 e. The number of methoxy groups -OCH3 is 1. The van der Waals surface area contributed by atoms with Crippen LogP contribution in [0.25, 0.3) is 0 Å². The lowest BCUT2D eigenvalue weighted by atomic mass is 10.4. The lowest BCUT2D eigenvalue weighted by Gasteiger charge is -2.07. The first-order chi connectivity index (χ1) is 7.27. The fraction of sp³-hybridized carbons (Fsp3) is 0.600. The van der Waals surface area contributed by atoms with Gasteiger partial charge in [0.15, 0.2) is 0 Å². The second kappa shape index (κ2) is 6.19. The quantitative estimate of drug-likeness (QED) is 0.684. The van der Waals surface area contributed by atoms with E-state index in [2.05, 4.69) is 10.3 Å². The molecular weight excluding hydrogens is 194 g/mol. The number of hydrogen-bond donors (Lipinski definition) is 1. The van der Waals surface area contributed by atoms with Crippen LogP contribution in [-0.2, 0) is 22.5 Å². The molecule has 1 aromatic rings. The minimum atomic E-state index is -0.0141. The fourth-order valence-corrected chi connectivity index (χ4v) is 1.30. The van der Waals surface area contributed by atoms with E-state index in [1.54, 1.807) is 13.3 Å². The van der Waals surface area contributed by atoms with Crippen LogP contribution in [0.5, 0.6) is 0 Å². The van der Waals surface area contributed by atoms with E-state index in [-0.39, 0.29) is 5.91 Å². The van der Waals surface area contributed by atoms with Gasteiger partial charge in [-0.15, -0.1) is 0 Å². The van der Waals surface area contributed by atoms with Crippen molar-refractivity contribution >= 4 is 5.91 Å². The molecule has 15 heavy (non-hydrogen) atoms. The van der Waals surface area contributed by atoms with E-state index in [4.69, 9.17) is 4.74 Å². The summed E-state index contributed by atoms with van der Waals surface area (Å²) in [5, 5.41) is 2.76. The van der Waals surface area contributed by atoms with Crippen LogP contribution in [0.4, 0.5) is 0 Å². The van der Waals surface area contributed by atoms with Gasteiger partial charge in [-0.1, -0.05) is 6.92 Å². The molecule has 0 aromatic carbocycles. The van der Waals surface area contributed by atoms with Gasteiger partial charge in [-0.05, 0) is 0 Å². The maximum Gasteiger partial charge on any atom is 0.240 e. The highest BCUT2D eigenvalue weighted by Crippen LogP contribution is 1.97. The van der Waals surface area contributed by atoms with Crippen molar-refractivity contribution in [1.29, 1.82) is 0 Å². The van der Waals surface area contributed by atoms with Gasteiger partial charge >= 0.3 is 0 Å². The van der Waals surface area contributed by atoms with E-state index >= 15 is 0 Å². The lowest BCUT2D eigenvalue weighted by Crippen LogP contribution is -2.30. The third kappa shape index (κ3) is 3.71. The molecule has 0 fully saturated rings. The second-order valence-corrected chi connectivity index (χ2v) is 3.17. The van der Waals surface area contributed by atoms with Crippen LogP contribution in [0.3, 0.4) is 0 Å². The van der Waals surface area contributed by atoms with Crippen LogP contribution in [0.1, 0.15) is 12.7 Å². The molecule has 0 atom stereocenters. The molecule has 0 bridgehead atoms. The number of carbonyl (C=O) groups excluding carboxylic acids is 1. The van der Waals surface area contributed by atoms with E-state index in [0.29, 0.717) is 19.7 Å². The van der Waals surface area contributed by atoms with Gasteiger partial charge in [0, 0.05) is 32.5 Å². The standard InChI is InChI=1S/C10H17N3O2/c1-3-9-11-4-6-13(9)8-10(14)12-5-7-15-2/h4,6H,3,5,7-8H2,1-2H3,(H,12,14). The number of imidazole rings is 1.